The SMILES string of the molecule is CCN(Cc1ccncc1)C(=O)Nc1cc(C(F)(F)F)c[nH]c1=O. The number of hydrogen-bond donors (Lipinski definition) is 2. The van der Waals surface area contributed by atoms with Gasteiger partial charge < -0.3 is 15.2 Å². The van der Waals surface area contributed by atoms with Crippen LogP contribution >= 0.6 is 0 Å². The minimum Gasteiger partial charge on any atom is -0.327 e. The summed E-state index contributed by atoms with van der Waals surface area (Å²) in [4.78, 5) is 31.1. The summed E-state index contributed by atoms with van der Waals surface area (Å²) in [6.45, 7) is 2.27. The van der Waals surface area contributed by atoms with Crippen molar-refractivity contribution in [1.82, 2.24) is 14.9 Å². The summed E-state index contributed by atoms with van der Waals surface area (Å²) in [7, 11) is 0. The molecule has 0 saturated carbocycles. The molecule has 0 spiro atoms. The van der Waals surface area contributed by atoms with Crippen LogP contribution in [-0.4, -0.2) is 27.4 Å². The lowest BCUT2D eigenvalue weighted by Gasteiger charge is -2.21. The second kappa shape index (κ2) is 7.16. The second-order valence-electron chi connectivity index (χ2n) is 4.93. The van der Waals surface area contributed by atoms with Crippen molar-refractivity contribution in [2.24, 2.45) is 0 Å². The molecule has 0 radical (unpaired) electrons. The molecule has 2 N–H and O–H groups in total. The van der Waals surface area contributed by atoms with E-state index in [2.05, 4.69) is 10.3 Å². The van der Waals surface area contributed by atoms with Gasteiger partial charge in [-0.1, -0.05) is 0 Å². The summed E-state index contributed by atoms with van der Waals surface area (Å²) in [5, 5.41) is 2.22. The summed E-state index contributed by atoms with van der Waals surface area (Å²) in [6.07, 6.45) is -0.922. The molecular weight excluding hydrogens is 325 g/mol. The highest BCUT2D eigenvalue weighted by Gasteiger charge is 2.31. The Bertz CT molecular complexity index is 759. The first-order chi connectivity index (χ1) is 11.3. The lowest BCUT2D eigenvalue weighted by Crippen LogP contribution is -2.36. The molecule has 0 fully saturated rings. The highest BCUT2D eigenvalue weighted by Crippen LogP contribution is 2.29. The monoisotopic (exact) mass is 340 g/mol. The van der Waals surface area contributed by atoms with Crippen molar-refractivity contribution in [2.75, 3.05) is 11.9 Å². The molecule has 2 amide bonds. The summed E-state index contributed by atoms with van der Waals surface area (Å²) in [6, 6.07) is 3.37. The second-order valence-corrected chi connectivity index (χ2v) is 4.93. The first-order valence-corrected chi connectivity index (χ1v) is 7.06. The van der Waals surface area contributed by atoms with Crippen molar-refractivity contribution < 1.29 is 18.0 Å². The normalized spacial score (nSPS) is 11.2. The largest absolute Gasteiger partial charge is 0.417 e. The van der Waals surface area contributed by atoms with Gasteiger partial charge in [0.1, 0.15) is 5.69 Å². The number of aromatic amines is 1. The van der Waals surface area contributed by atoms with Gasteiger partial charge in [0.05, 0.1) is 5.56 Å². The van der Waals surface area contributed by atoms with E-state index in [1.54, 1.807) is 31.5 Å². The third kappa shape index (κ3) is 4.34. The molecular formula is C15H15F3N4O2. The standard InChI is InChI=1S/C15H15F3N4O2/c1-2-22(9-10-3-5-19-6-4-10)14(24)21-12-7-11(15(16,17)18)8-20-13(12)23/h3-8H,2,9H2,1H3,(H,20,23)(H,21,24). The molecule has 0 atom stereocenters. The van der Waals surface area contributed by atoms with Crippen molar-refractivity contribution in [2.45, 2.75) is 19.6 Å². The first kappa shape index (κ1) is 17.5. The van der Waals surface area contributed by atoms with Crippen molar-refractivity contribution in [3.8, 4) is 0 Å². The van der Waals surface area contributed by atoms with Crippen molar-refractivity contribution >= 4 is 11.7 Å². The molecule has 0 aliphatic carbocycles. The van der Waals surface area contributed by atoms with Gasteiger partial charge in [-0.2, -0.15) is 13.2 Å². The van der Waals surface area contributed by atoms with Gasteiger partial charge >= 0.3 is 12.2 Å². The van der Waals surface area contributed by atoms with Crippen LogP contribution in [0.2, 0.25) is 0 Å². The number of amides is 2. The lowest BCUT2D eigenvalue weighted by molar-refractivity contribution is -0.137. The predicted octanol–water partition coefficient (Wildman–Crippen LogP) is 2.84. The minimum atomic E-state index is -4.62. The number of rotatable bonds is 4. The maximum atomic E-state index is 12.7. The van der Waals surface area contributed by atoms with Gasteiger partial charge in [-0.15, -0.1) is 0 Å². The Kier molecular flexibility index (Phi) is 5.22. The van der Waals surface area contributed by atoms with Crippen LogP contribution in [0.5, 0.6) is 0 Å². The number of H-pyrrole nitrogens is 1. The Morgan fingerprint density at radius 2 is 2.00 bits per heavy atom. The Balaban J connectivity index is 2.17. The maximum absolute atomic E-state index is 12.7. The molecule has 24 heavy (non-hydrogen) atoms. The van der Waals surface area contributed by atoms with E-state index in [9.17, 15) is 22.8 Å². The topological polar surface area (TPSA) is 78.1 Å². The lowest BCUT2D eigenvalue weighted by atomic mass is 10.2. The van der Waals surface area contributed by atoms with Crippen molar-refractivity contribution in [3.63, 3.8) is 0 Å². The molecule has 128 valence electrons. The Morgan fingerprint density at radius 3 is 2.58 bits per heavy atom. The van der Waals surface area contributed by atoms with E-state index >= 15 is 0 Å². The molecule has 0 aromatic carbocycles. The van der Waals surface area contributed by atoms with Gasteiger partial charge in [0, 0.05) is 31.7 Å². The number of nitrogens with zero attached hydrogens (tertiary/aromatic N) is 2. The van der Waals surface area contributed by atoms with Crippen LogP contribution in [0.15, 0.2) is 41.6 Å². The highest BCUT2D eigenvalue weighted by atomic mass is 19.4. The van der Waals surface area contributed by atoms with Gasteiger partial charge in [-0.25, -0.2) is 4.79 Å². The molecule has 0 aliphatic rings. The van der Waals surface area contributed by atoms with Gasteiger partial charge in [-0.3, -0.25) is 9.78 Å². The number of halogens is 3. The number of hydrogen-bond acceptors (Lipinski definition) is 3. The molecule has 9 heteroatoms. The van der Waals surface area contributed by atoms with Crippen molar-refractivity contribution in [1.29, 1.82) is 0 Å². The molecule has 0 bridgehead atoms. The average molecular weight is 340 g/mol. The molecule has 6 nitrogen and oxygen atoms in total. The van der Waals surface area contributed by atoms with Crippen LogP contribution in [0.25, 0.3) is 0 Å². The highest BCUT2D eigenvalue weighted by molar-refractivity contribution is 5.89. The van der Waals surface area contributed by atoms with E-state index in [-0.39, 0.29) is 6.54 Å². The molecule has 0 aliphatic heterocycles. The van der Waals surface area contributed by atoms with Crippen LogP contribution < -0.4 is 10.9 Å². The van der Waals surface area contributed by atoms with Crippen LogP contribution in [0, 0.1) is 0 Å². The van der Waals surface area contributed by atoms with Gasteiger partial charge in [0.2, 0.25) is 0 Å². The van der Waals surface area contributed by atoms with Crippen LogP contribution in [0.3, 0.4) is 0 Å². The molecule has 0 unspecified atom stereocenters. The number of alkyl halides is 3. The zero-order valence-corrected chi connectivity index (χ0v) is 12.7. The zero-order valence-electron chi connectivity index (χ0n) is 12.7. The Hall–Kier alpha value is -2.84. The number of carbonyl (C=O) groups is 1. The van der Waals surface area contributed by atoms with E-state index in [0.29, 0.717) is 18.8 Å². The third-order valence-electron chi connectivity index (χ3n) is 3.26. The predicted molar refractivity (Wildman–Crippen MR) is 81.4 cm³/mol. The summed E-state index contributed by atoms with van der Waals surface area (Å²) in [5.74, 6) is 0. The number of pyridine rings is 2. The average Bonchev–Trinajstić information content (AvgIpc) is 2.54. The van der Waals surface area contributed by atoms with E-state index in [4.69, 9.17) is 0 Å². The number of urea groups is 1. The van der Waals surface area contributed by atoms with E-state index in [0.717, 1.165) is 5.56 Å². The van der Waals surface area contributed by atoms with Gasteiger partial charge in [-0.05, 0) is 30.7 Å². The van der Waals surface area contributed by atoms with E-state index < -0.39 is 29.0 Å². The fraction of sp³-hybridized carbons (Fsp3) is 0.267. The fourth-order valence-corrected chi connectivity index (χ4v) is 1.97. The number of aromatic nitrogens is 2. The van der Waals surface area contributed by atoms with Crippen LogP contribution in [-0.2, 0) is 12.7 Å². The van der Waals surface area contributed by atoms with Crippen LogP contribution in [0.4, 0.5) is 23.7 Å². The Morgan fingerprint density at radius 1 is 1.33 bits per heavy atom. The summed E-state index contributed by atoms with van der Waals surface area (Å²) in [5.41, 5.74) is -1.51. The quantitative estimate of drug-likeness (QED) is 0.898. The third-order valence-corrected chi connectivity index (χ3v) is 3.26. The number of anilines is 1. The van der Waals surface area contributed by atoms with Crippen molar-refractivity contribution in [3.05, 3.63) is 58.3 Å². The smallest absolute Gasteiger partial charge is 0.327 e. The molecule has 2 aromatic rings. The molecule has 2 aromatic heterocycles. The molecule has 2 heterocycles. The zero-order chi connectivity index (χ0) is 17.7. The van der Waals surface area contributed by atoms with Gasteiger partial charge in [0.25, 0.3) is 5.56 Å². The van der Waals surface area contributed by atoms with E-state index in [1.807, 2.05) is 4.98 Å². The summed E-state index contributed by atoms with van der Waals surface area (Å²) < 4.78 is 38.1. The number of nitrogens with one attached hydrogen (secondary N) is 2. The molecule has 0 saturated heterocycles. The summed E-state index contributed by atoms with van der Waals surface area (Å²) >= 11 is 0. The number of carbonyl (C=O) groups excluding carboxylic acids is 1. The first-order valence-electron chi connectivity index (χ1n) is 7.06. The maximum Gasteiger partial charge on any atom is 0.417 e. The van der Waals surface area contributed by atoms with Crippen LogP contribution in [0.1, 0.15) is 18.1 Å². The molecule has 2 rings (SSSR count). The van der Waals surface area contributed by atoms with E-state index in [1.165, 1.54) is 4.90 Å². The minimum absolute atomic E-state index is 0.238. The fourth-order valence-electron chi connectivity index (χ4n) is 1.97. The Labute approximate surface area is 135 Å². The van der Waals surface area contributed by atoms with Gasteiger partial charge in [0.15, 0.2) is 0 Å².